The third-order valence-corrected chi connectivity index (χ3v) is 4.58. The zero-order chi connectivity index (χ0) is 15.7. The molecule has 1 aliphatic carbocycles. The normalized spacial score (nSPS) is 27.9. The van der Waals surface area contributed by atoms with Gasteiger partial charge in [-0.2, -0.15) is 13.2 Å². The Labute approximate surface area is 122 Å². The molecule has 0 aromatic heterocycles. The van der Waals surface area contributed by atoms with E-state index in [0.29, 0.717) is 19.8 Å². The van der Waals surface area contributed by atoms with Crippen LogP contribution in [0.25, 0.3) is 0 Å². The molecule has 0 amide bonds. The Bertz CT molecular complexity index is 456. The van der Waals surface area contributed by atoms with Crippen LogP contribution >= 0.6 is 0 Å². The van der Waals surface area contributed by atoms with Gasteiger partial charge in [-0.1, -0.05) is 36.8 Å². The summed E-state index contributed by atoms with van der Waals surface area (Å²) in [5, 5.41) is 19.7. The van der Waals surface area contributed by atoms with Crippen molar-refractivity contribution in [1.82, 2.24) is 0 Å². The number of benzene rings is 1. The fourth-order valence-electron chi connectivity index (χ4n) is 3.17. The first-order valence-electron chi connectivity index (χ1n) is 7.25. The largest absolute Gasteiger partial charge is 0.419 e. The minimum Gasteiger partial charge on any atom is -0.389 e. The number of aliphatic hydroxyl groups excluding tert-OH is 1. The molecule has 2 nitrogen and oxygen atoms in total. The smallest absolute Gasteiger partial charge is 0.389 e. The topological polar surface area (TPSA) is 40.5 Å². The SMILES string of the molecule is CC(O)(C(O)C1CCCC(c2ccccc2)C1)C(F)(F)F. The fraction of sp³-hybridized carbons (Fsp3) is 0.625. The molecule has 118 valence electrons. The van der Waals surface area contributed by atoms with Crippen molar-refractivity contribution >= 4 is 0 Å². The molecular weight excluding hydrogens is 281 g/mol. The van der Waals surface area contributed by atoms with Crippen LogP contribution in [0.15, 0.2) is 30.3 Å². The van der Waals surface area contributed by atoms with Crippen molar-refractivity contribution in [3.8, 4) is 0 Å². The van der Waals surface area contributed by atoms with Gasteiger partial charge in [0.2, 0.25) is 0 Å². The van der Waals surface area contributed by atoms with Gasteiger partial charge in [0.05, 0.1) is 6.10 Å². The van der Waals surface area contributed by atoms with Gasteiger partial charge >= 0.3 is 6.18 Å². The Hall–Kier alpha value is -1.07. The molecule has 4 atom stereocenters. The van der Waals surface area contributed by atoms with Crippen LogP contribution < -0.4 is 0 Å². The molecule has 1 aromatic rings. The van der Waals surface area contributed by atoms with E-state index in [9.17, 15) is 23.4 Å². The van der Waals surface area contributed by atoms with Crippen LogP contribution in [0.1, 0.15) is 44.1 Å². The van der Waals surface area contributed by atoms with Crippen LogP contribution in [0, 0.1) is 5.92 Å². The van der Waals surface area contributed by atoms with Crippen molar-refractivity contribution < 1.29 is 23.4 Å². The van der Waals surface area contributed by atoms with Crippen LogP contribution in [0.3, 0.4) is 0 Å². The quantitative estimate of drug-likeness (QED) is 0.895. The van der Waals surface area contributed by atoms with Crippen molar-refractivity contribution in [3.05, 3.63) is 35.9 Å². The third-order valence-electron chi connectivity index (χ3n) is 4.58. The van der Waals surface area contributed by atoms with Crippen LogP contribution in [0.4, 0.5) is 13.2 Å². The summed E-state index contributed by atoms with van der Waals surface area (Å²) < 4.78 is 38.5. The van der Waals surface area contributed by atoms with Crippen molar-refractivity contribution in [1.29, 1.82) is 0 Å². The predicted octanol–water partition coefficient (Wildman–Crippen LogP) is 3.63. The first-order chi connectivity index (χ1) is 9.73. The van der Waals surface area contributed by atoms with Gasteiger partial charge in [0.1, 0.15) is 0 Å². The molecule has 1 fully saturated rings. The van der Waals surface area contributed by atoms with E-state index in [4.69, 9.17) is 0 Å². The highest BCUT2D eigenvalue weighted by atomic mass is 19.4. The third kappa shape index (κ3) is 3.40. The Morgan fingerprint density at radius 1 is 1.14 bits per heavy atom. The van der Waals surface area contributed by atoms with Crippen LogP contribution in [-0.4, -0.2) is 28.1 Å². The van der Waals surface area contributed by atoms with Gasteiger partial charge in [-0.15, -0.1) is 0 Å². The maximum absolute atomic E-state index is 12.8. The number of hydrogen-bond acceptors (Lipinski definition) is 2. The highest BCUT2D eigenvalue weighted by molar-refractivity contribution is 5.20. The van der Waals surface area contributed by atoms with Crippen molar-refractivity contribution in [2.24, 2.45) is 5.92 Å². The second kappa shape index (κ2) is 5.97. The molecule has 1 aromatic carbocycles. The first kappa shape index (κ1) is 16.3. The van der Waals surface area contributed by atoms with Crippen LogP contribution in [0.2, 0.25) is 0 Å². The standard InChI is InChI=1S/C16H21F3O2/c1-15(21,16(17,18)19)14(20)13-9-5-8-12(10-13)11-6-3-2-4-7-11/h2-4,6-7,12-14,20-21H,5,8-10H2,1H3. The second-order valence-electron chi connectivity index (χ2n) is 6.12. The Morgan fingerprint density at radius 2 is 1.76 bits per heavy atom. The molecular formula is C16H21F3O2. The Kier molecular flexibility index (Phi) is 4.63. The van der Waals surface area contributed by atoms with Crippen molar-refractivity contribution in [2.45, 2.75) is 56.4 Å². The maximum atomic E-state index is 12.8. The number of alkyl halides is 3. The Balaban J connectivity index is 2.11. The van der Waals surface area contributed by atoms with E-state index in [0.717, 1.165) is 18.4 Å². The molecule has 0 aliphatic heterocycles. The van der Waals surface area contributed by atoms with E-state index in [-0.39, 0.29) is 5.92 Å². The molecule has 1 aliphatic rings. The fourth-order valence-corrected chi connectivity index (χ4v) is 3.17. The Morgan fingerprint density at radius 3 is 2.33 bits per heavy atom. The molecule has 2 rings (SSSR count). The van der Waals surface area contributed by atoms with Crippen LogP contribution in [-0.2, 0) is 0 Å². The minimum atomic E-state index is -4.83. The van der Waals surface area contributed by atoms with E-state index in [2.05, 4.69) is 0 Å². The predicted molar refractivity (Wildman–Crippen MR) is 73.8 cm³/mol. The van der Waals surface area contributed by atoms with E-state index in [1.165, 1.54) is 0 Å². The number of halogens is 3. The molecule has 2 N–H and O–H groups in total. The average Bonchev–Trinajstić information content (AvgIpc) is 2.46. The van der Waals surface area contributed by atoms with Gasteiger partial charge in [-0.3, -0.25) is 0 Å². The zero-order valence-corrected chi connectivity index (χ0v) is 12.0. The monoisotopic (exact) mass is 302 g/mol. The summed E-state index contributed by atoms with van der Waals surface area (Å²) >= 11 is 0. The summed E-state index contributed by atoms with van der Waals surface area (Å²) in [4.78, 5) is 0. The van der Waals surface area contributed by atoms with Gasteiger partial charge in [0, 0.05) is 0 Å². The molecule has 0 radical (unpaired) electrons. The lowest BCUT2D eigenvalue weighted by Crippen LogP contribution is -2.55. The lowest BCUT2D eigenvalue weighted by Gasteiger charge is -2.39. The van der Waals surface area contributed by atoms with Gasteiger partial charge in [-0.25, -0.2) is 0 Å². The van der Waals surface area contributed by atoms with E-state index < -0.39 is 23.8 Å². The molecule has 0 bridgehead atoms. The summed E-state index contributed by atoms with van der Waals surface area (Å²) in [6.45, 7) is 0.657. The lowest BCUT2D eigenvalue weighted by molar-refractivity contribution is -0.290. The van der Waals surface area contributed by atoms with E-state index >= 15 is 0 Å². The highest BCUT2D eigenvalue weighted by Crippen LogP contribution is 2.43. The maximum Gasteiger partial charge on any atom is 0.419 e. The first-order valence-corrected chi connectivity index (χ1v) is 7.25. The average molecular weight is 302 g/mol. The summed E-state index contributed by atoms with van der Waals surface area (Å²) in [5.41, 5.74) is -1.97. The number of aliphatic hydroxyl groups is 2. The van der Waals surface area contributed by atoms with Crippen LogP contribution in [0.5, 0.6) is 0 Å². The molecule has 0 heterocycles. The minimum absolute atomic E-state index is 0.142. The molecule has 4 unspecified atom stereocenters. The molecule has 5 heteroatoms. The van der Waals surface area contributed by atoms with Crippen molar-refractivity contribution in [3.63, 3.8) is 0 Å². The summed E-state index contributed by atoms with van der Waals surface area (Å²) in [6.07, 6.45) is -3.97. The molecule has 0 saturated heterocycles. The van der Waals surface area contributed by atoms with E-state index in [1.54, 1.807) is 0 Å². The van der Waals surface area contributed by atoms with Gasteiger partial charge < -0.3 is 10.2 Å². The molecule has 21 heavy (non-hydrogen) atoms. The summed E-state index contributed by atoms with van der Waals surface area (Å²) in [5.74, 6) is -0.399. The second-order valence-corrected chi connectivity index (χ2v) is 6.12. The molecule has 1 saturated carbocycles. The van der Waals surface area contributed by atoms with Gasteiger partial charge in [-0.05, 0) is 43.6 Å². The zero-order valence-electron chi connectivity index (χ0n) is 12.0. The summed E-state index contributed by atoms with van der Waals surface area (Å²) in [7, 11) is 0. The number of hydrogen-bond donors (Lipinski definition) is 2. The van der Waals surface area contributed by atoms with Gasteiger partial charge in [0.25, 0.3) is 0 Å². The van der Waals surface area contributed by atoms with Crippen molar-refractivity contribution in [2.75, 3.05) is 0 Å². The summed E-state index contributed by atoms with van der Waals surface area (Å²) in [6, 6.07) is 9.62. The molecule has 0 spiro atoms. The van der Waals surface area contributed by atoms with Gasteiger partial charge in [0.15, 0.2) is 5.60 Å². The lowest BCUT2D eigenvalue weighted by atomic mass is 9.72. The highest BCUT2D eigenvalue weighted by Gasteiger charge is 2.56. The number of rotatable bonds is 3. The van der Waals surface area contributed by atoms with E-state index in [1.807, 2.05) is 30.3 Å².